The van der Waals surface area contributed by atoms with Crippen molar-refractivity contribution in [2.45, 2.75) is 63.8 Å². The highest BCUT2D eigenvalue weighted by atomic mass is 16.5. The summed E-state index contributed by atoms with van der Waals surface area (Å²) in [7, 11) is 1.68. The first-order valence-corrected chi connectivity index (χ1v) is 6.05. The Bertz CT molecular complexity index is 155. The van der Waals surface area contributed by atoms with Crippen LogP contribution in [0.15, 0.2) is 0 Å². The van der Waals surface area contributed by atoms with Gasteiger partial charge < -0.3 is 14.6 Å². The summed E-state index contributed by atoms with van der Waals surface area (Å²) in [5, 5.41) is 9.70. The van der Waals surface area contributed by atoms with E-state index in [0.717, 1.165) is 32.3 Å². The zero-order valence-corrected chi connectivity index (χ0v) is 9.95. The van der Waals surface area contributed by atoms with E-state index >= 15 is 0 Å². The van der Waals surface area contributed by atoms with Gasteiger partial charge in [-0.1, -0.05) is 0 Å². The van der Waals surface area contributed by atoms with E-state index in [4.69, 9.17) is 9.47 Å². The minimum atomic E-state index is -0.221. The molecule has 15 heavy (non-hydrogen) atoms. The molecular formula is C12H24O3. The van der Waals surface area contributed by atoms with Crippen molar-refractivity contribution in [1.29, 1.82) is 0 Å². The van der Waals surface area contributed by atoms with E-state index in [2.05, 4.69) is 0 Å². The number of hydrogen-bond acceptors (Lipinski definition) is 3. The molecule has 0 radical (unpaired) electrons. The van der Waals surface area contributed by atoms with Crippen LogP contribution in [0.1, 0.15) is 45.4 Å². The van der Waals surface area contributed by atoms with Crippen LogP contribution in [0.3, 0.4) is 0 Å². The smallest absolute Gasteiger partial charge is 0.0576 e. The quantitative estimate of drug-likeness (QED) is 0.708. The molecule has 3 unspecified atom stereocenters. The Morgan fingerprint density at radius 1 is 1.53 bits per heavy atom. The molecular weight excluding hydrogens is 192 g/mol. The third kappa shape index (κ3) is 5.50. The molecule has 1 aliphatic heterocycles. The minimum absolute atomic E-state index is 0.155. The standard InChI is InChI=1S/C12H24O3/c1-10(14-2)9-11(13)5-3-6-12-7-4-8-15-12/h10-13H,3-9H2,1-2H3. The van der Waals surface area contributed by atoms with Crippen LogP contribution in [-0.2, 0) is 9.47 Å². The first kappa shape index (κ1) is 12.9. The van der Waals surface area contributed by atoms with Crippen molar-refractivity contribution in [3.8, 4) is 0 Å². The van der Waals surface area contributed by atoms with E-state index in [1.807, 2.05) is 6.92 Å². The van der Waals surface area contributed by atoms with E-state index in [0.29, 0.717) is 6.10 Å². The maximum atomic E-state index is 9.70. The second-order valence-electron chi connectivity index (χ2n) is 4.50. The van der Waals surface area contributed by atoms with Gasteiger partial charge in [0.25, 0.3) is 0 Å². The zero-order valence-electron chi connectivity index (χ0n) is 9.95. The number of hydrogen-bond donors (Lipinski definition) is 1. The van der Waals surface area contributed by atoms with E-state index in [-0.39, 0.29) is 12.2 Å². The van der Waals surface area contributed by atoms with Crippen molar-refractivity contribution in [3.05, 3.63) is 0 Å². The van der Waals surface area contributed by atoms with E-state index in [1.54, 1.807) is 7.11 Å². The fraction of sp³-hybridized carbons (Fsp3) is 1.00. The molecule has 0 aromatic rings. The van der Waals surface area contributed by atoms with Gasteiger partial charge in [0.15, 0.2) is 0 Å². The van der Waals surface area contributed by atoms with Gasteiger partial charge in [-0.25, -0.2) is 0 Å². The molecule has 3 atom stereocenters. The molecule has 3 nitrogen and oxygen atoms in total. The normalized spacial score (nSPS) is 25.4. The summed E-state index contributed by atoms with van der Waals surface area (Å²) in [5.74, 6) is 0. The number of rotatable bonds is 7. The Hall–Kier alpha value is -0.120. The second kappa shape index (κ2) is 7.20. The van der Waals surface area contributed by atoms with Crippen molar-refractivity contribution >= 4 is 0 Å². The topological polar surface area (TPSA) is 38.7 Å². The third-order valence-electron chi connectivity index (χ3n) is 3.09. The molecule has 1 heterocycles. The third-order valence-corrected chi connectivity index (χ3v) is 3.09. The number of methoxy groups -OCH3 is 1. The summed E-state index contributed by atoms with van der Waals surface area (Å²) in [5.41, 5.74) is 0. The average molecular weight is 216 g/mol. The highest BCUT2D eigenvalue weighted by Crippen LogP contribution is 2.19. The van der Waals surface area contributed by atoms with E-state index in [9.17, 15) is 5.11 Å². The monoisotopic (exact) mass is 216 g/mol. The summed E-state index contributed by atoms with van der Waals surface area (Å²) in [4.78, 5) is 0. The first-order chi connectivity index (χ1) is 7.22. The van der Waals surface area contributed by atoms with Gasteiger partial charge in [0, 0.05) is 13.7 Å². The number of aliphatic hydroxyl groups excluding tert-OH is 1. The van der Waals surface area contributed by atoms with Crippen LogP contribution >= 0.6 is 0 Å². The molecule has 0 saturated carbocycles. The fourth-order valence-electron chi connectivity index (χ4n) is 2.05. The van der Waals surface area contributed by atoms with Gasteiger partial charge in [-0.05, 0) is 45.4 Å². The number of aliphatic hydroxyl groups is 1. The summed E-state index contributed by atoms with van der Waals surface area (Å²) >= 11 is 0. The Morgan fingerprint density at radius 2 is 2.33 bits per heavy atom. The summed E-state index contributed by atoms with van der Waals surface area (Å²) in [6, 6.07) is 0. The maximum absolute atomic E-state index is 9.70. The van der Waals surface area contributed by atoms with Crippen LogP contribution in [0.2, 0.25) is 0 Å². The lowest BCUT2D eigenvalue weighted by Gasteiger charge is -2.16. The van der Waals surface area contributed by atoms with Crippen molar-refractivity contribution in [2.24, 2.45) is 0 Å². The van der Waals surface area contributed by atoms with Crippen LogP contribution < -0.4 is 0 Å². The van der Waals surface area contributed by atoms with Crippen molar-refractivity contribution < 1.29 is 14.6 Å². The molecule has 0 aromatic carbocycles. The van der Waals surface area contributed by atoms with Gasteiger partial charge in [0.2, 0.25) is 0 Å². The van der Waals surface area contributed by atoms with E-state index in [1.165, 1.54) is 12.8 Å². The predicted molar refractivity (Wildman–Crippen MR) is 59.9 cm³/mol. The number of ether oxygens (including phenoxy) is 2. The molecule has 3 heteroatoms. The Labute approximate surface area is 92.8 Å². The van der Waals surface area contributed by atoms with Crippen LogP contribution in [0.4, 0.5) is 0 Å². The van der Waals surface area contributed by atoms with Crippen LogP contribution in [0.25, 0.3) is 0 Å². The van der Waals surface area contributed by atoms with Crippen molar-refractivity contribution in [3.63, 3.8) is 0 Å². The van der Waals surface area contributed by atoms with Crippen molar-refractivity contribution in [2.75, 3.05) is 13.7 Å². The minimum Gasteiger partial charge on any atom is -0.393 e. The molecule has 0 aromatic heterocycles. The first-order valence-electron chi connectivity index (χ1n) is 6.05. The summed E-state index contributed by atoms with van der Waals surface area (Å²) < 4.78 is 10.6. The summed E-state index contributed by atoms with van der Waals surface area (Å²) in [6.07, 6.45) is 6.55. The van der Waals surface area contributed by atoms with Gasteiger partial charge in [-0.15, -0.1) is 0 Å². The highest BCUT2D eigenvalue weighted by Gasteiger charge is 2.16. The van der Waals surface area contributed by atoms with Crippen LogP contribution in [-0.4, -0.2) is 37.1 Å². The molecule has 1 rings (SSSR count). The van der Waals surface area contributed by atoms with Crippen LogP contribution in [0, 0.1) is 0 Å². The van der Waals surface area contributed by atoms with Crippen molar-refractivity contribution in [1.82, 2.24) is 0 Å². The molecule has 0 amide bonds. The SMILES string of the molecule is COC(C)CC(O)CCCC1CCCO1. The van der Waals surface area contributed by atoms with Crippen LogP contribution in [0.5, 0.6) is 0 Å². The molecule has 0 bridgehead atoms. The van der Waals surface area contributed by atoms with Gasteiger partial charge in [-0.3, -0.25) is 0 Å². The fourth-order valence-corrected chi connectivity index (χ4v) is 2.05. The lowest BCUT2D eigenvalue weighted by molar-refractivity contribution is 0.0481. The predicted octanol–water partition coefficient (Wildman–Crippen LogP) is 2.12. The Kier molecular flexibility index (Phi) is 6.22. The summed E-state index contributed by atoms with van der Waals surface area (Å²) in [6.45, 7) is 2.91. The van der Waals surface area contributed by atoms with Gasteiger partial charge in [0.1, 0.15) is 0 Å². The van der Waals surface area contributed by atoms with Gasteiger partial charge in [0.05, 0.1) is 18.3 Å². The second-order valence-corrected chi connectivity index (χ2v) is 4.50. The van der Waals surface area contributed by atoms with E-state index < -0.39 is 0 Å². The molecule has 0 aliphatic carbocycles. The average Bonchev–Trinajstić information content (AvgIpc) is 2.70. The molecule has 1 fully saturated rings. The maximum Gasteiger partial charge on any atom is 0.0576 e. The zero-order chi connectivity index (χ0) is 11.1. The molecule has 1 saturated heterocycles. The van der Waals surface area contributed by atoms with Gasteiger partial charge in [-0.2, -0.15) is 0 Å². The Morgan fingerprint density at radius 3 is 2.93 bits per heavy atom. The molecule has 90 valence electrons. The molecule has 1 aliphatic rings. The van der Waals surface area contributed by atoms with Gasteiger partial charge >= 0.3 is 0 Å². The molecule has 0 spiro atoms. The lowest BCUT2D eigenvalue weighted by Crippen LogP contribution is -2.17. The lowest BCUT2D eigenvalue weighted by atomic mass is 10.0. The molecule has 1 N–H and O–H groups in total. The highest BCUT2D eigenvalue weighted by molar-refractivity contribution is 4.67. The largest absolute Gasteiger partial charge is 0.393 e. The Balaban J connectivity index is 1.98.